The van der Waals surface area contributed by atoms with Gasteiger partial charge in [0.1, 0.15) is 0 Å². The largest absolute Gasteiger partial charge is 0.346 e. The van der Waals surface area contributed by atoms with Crippen molar-refractivity contribution in [3.05, 3.63) is 23.3 Å². The number of rotatable bonds is 11. The third-order valence-electron chi connectivity index (χ3n) is 3.46. The fourth-order valence-corrected chi connectivity index (χ4v) is 4.54. The van der Waals surface area contributed by atoms with Gasteiger partial charge in [-0.3, -0.25) is 9.12 Å². The molecule has 6 nitrogen and oxygen atoms in total. The van der Waals surface area contributed by atoms with Crippen molar-refractivity contribution in [2.24, 2.45) is 0 Å². The summed E-state index contributed by atoms with van der Waals surface area (Å²) in [5.41, 5.74) is 2.60. The van der Waals surface area contributed by atoms with Crippen LogP contribution < -0.4 is 0 Å². The zero-order valence-electron chi connectivity index (χ0n) is 14.1. The Morgan fingerprint density at radius 1 is 1.04 bits per heavy atom. The van der Waals surface area contributed by atoms with Crippen LogP contribution >= 0.6 is 7.60 Å². The zero-order valence-corrected chi connectivity index (χ0v) is 15.8. The van der Waals surface area contributed by atoms with E-state index in [9.17, 15) is 13.0 Å². The first-order chi connectivity index (χ1) is 10.4. The highest BCUT2D eigenvalue weighted by Gasteiger charge is 2.38. The number of unbranched alkanes of at least 4 members (excludes halogenated alkanes) is 3. The molecule has 136 valence electrons. The maximum absolute atomic E-state index is 11.1. The van der Waals surface area contributed by atoms with E-state index in [4.69, 9.17) is 14.3 Å². The molecule has 0 rings (SSSR count). The van der Waals surface area contributed by atoms with Gasteiger partial charge in [0.25, 0.3) is 10.1 Å². The van der Waals surface area contributed by atoms with E-state index in [1.54, 1.807) is 0 Å². The van der Waals surface area contributed by atoms with Crippen molar-refractivity contribution in [2.75, 3.05) is 0 Å². The normalized spacial score (nSPS) is 14.6. The molecule has 1 atom stereocenters. The lowest BCUT2D eigenvalue weighted by atomic mass is 10.1. The number of hydrogen-bond acceptors (Lipinski definition) is 3. The van der Waals surface area contributed by atoms with Gasteiger partial charge >= 0.3 is 7.60 Å². The van der Waals surface area contributed by atoms with Crippen LogP contribution in [0.4, 0.5) is 0 Å². The molecule has 23 heavy (non-hydrogen) atoms. The molecule has 0 heterocycles. The van der Waals surface area contributed by atoms with Gasteiger partial charge in [-0.25, -0.2) is 0 Å². The first kappa shape index (κ1) is 22.5. The molecule has 0 aromatic rings. The van der Waals surface area contributed by atoms with Crippen LogP contribution in [0, 0.1) is 0 Å². The summed E-state index contributed by atoms with van der Waals surface area (Å²) in [6.07, 6.45) is 8.80. The lowest BCUT2D eigenvalue weighted by Crippen LogP contribution is -2.20. The van der Waals surface area contributed by atoms with E-state index in [0.29, 0.717) is 12.8 Å². The smallest absolute Gasteiger partial charge is 0.323 e. The standard InChI is InChI=1S/C15H29O6PS/c1-13(2)9-8-11-14(3)10-6-4-5-7-12-15(22(16,17)18)23(19,20)21/h9-10,15H,4-8,11-12H2,1-3H3,(H2,16,17,18)(H,19,20,21)/b14-10+. The van der Waals surface area contributed by atoms with E-state index < -0.39 is 22.7 Å². The van der Waals surface area contributed by atoms with E-state index in [1.165, 1.54) is 11.1 Å². The minimum atomic E-state index is -4.84. The second-order valence-electron chi connectivity index (χ2n) is 6.07. The van der Waals surface area contributed by atoms with Crippen molar-refractivity contribution in [3.8, 4) is 0 Å². The van der Waals surface area contributed by atoms with Crippen LogP contribution in [0.1, 0.15) is 65.7 Å². The summed E-state index contributed by atoms with van der Waals surface area (Å²) in [5, 5.41) is 0. The van der Waals surface area contributed by atoms with Crippen LogP contribution in [0.25, 0.3) is 0 Å². The van der Waals surface area contributed by atoms with Gasteiger partial charge < -0.3 is 9.79 Å². The maximum Gasteiger partial charge on any atom is 0.346 e. The summed E-state index contributed by atoms with van der Waals surface area (Å²) in [6, 6.07) is 0. The van der Waals surface area contributed by atoms with Gasteiger partial charge in [0.15, 0.2) is 4.99 Å². The first-order valence-electron chi connectivity index (χ1n) is 7.75. The van der Waals surface area contributed by atoms with Crippen LogP contribution in [0.3, 0.4) is 0 Å². The molecule has 1 unspecified atom stereocenters. The molecular weight excluding hydrogens is 339 g/mol. The predicted octanol–water partition coefficient (Wildman–Crippen LogP) is 4.02. The Hall–Kier alpha value is -0.460. The molecule has 0 aromatic heterocycles. The Balaban J connectivity index is 4.09. The molecule has 0 aromatic carbocycles. The zero-order chi connectivity index (χ0) is 18.1. The summed E-state index contributed by atoms with van der Waals surface area (Å²) in [6.45, 7) is 6.20. The second-order valence-corrected chi connectivity index (χ2v) is 9.82. The Kier molecular flexibility index (Phi) is 10.2. The lowest BCUT2D eigenvalue weighted by molar-refractivity contribution is 0.359. The highest BCUT2D eigenvalue weighted by molar-refractivity contribution is 7.93. The van der Waals surface area contributed by atoms with Gasteiger partial charge in [-0.15, -0.1) is 0 Å². The molecule has 0 amide bonds. The molecule has 0 spiro atoms. The first-order valence-corrected chi connectivity index (χ1v) is 10.9. The molecule has 0 bridgehead atoms. The lowest BCUT2D eigenvalue weighted by Gasteiger charge is -2.14. The van der Waals surface area contributed by atoms with Crippen LogP contribution in [0.15, 0.2) is 23.3 Å². The Bertz CT molecular complexity index is 555. The fourth-order valence-electron chi connectivity index (χ4n) is 2.17. The fraction of sp³-hybridized carbons (Fsp3) is 0.733. The average molecular weight is 368 g/mol. The number of hydrogen-bond donors (Lipinski definition) is 3. The minimum absolute atomic E-state index is 0.230. The summed E-state index contributed by atoms with van der Waals surface area (Å²) in [4.78, 5) is 15.9. The minimum Gasteiger partial charge on any atom is -0.323 e. The number of allylic oxidation sites excluding steroid dienone is 4. The molecule has 3 N–H and O–H groups in total. The van der Waals surface area contributed by atoms with Gasteiger partial charge in [-0.1, -0.05) is 36.1 Å². The quantitative estimate of drug-likeness (QED) is 0.220. The van der Waals surface area contributed by atoms with Crippen molar-refractivity contribution < 1.29 is 27.3 Å². The molecule has 0 aliphatic carbocycles. The van der Waals surface area contributed by atoms with Crippen molar-refractivity contribution >= 4 is 17.7 Å². The second kappa shape index (κ2) is 10.4. The molecule has 0 radical (unpaired) electrons. The summed E-state index contributed by atoms with van der Waals surface area (Å²) < 4.78 is 41.9. The summed E-state index contributed by atoms with van der Waals surface area (Å²) >= 11 is 0. The summed E-state index contributed by atoms with van der Waals surface area (Å²) in [7, 11) is -9.57. The van der Waals surface area contributed by atoms with E-state index in [0.717, 1.165) is 25.7 Å². The SMILES string of the molecule is CC(C)=CCC/C(C)=C/CCCCCC(P(=O)(O)O)S(=O)(=O)O. The Morgan fingerprint density at radius 2 is 1.65 bits per heavy atom. The van der Waals surface area contributed by atoms with E-state index in [1.807, 2.05) is 0 Å². The molecule has 0 saturated heterocycles. The van der Waals surface area contributed by atoms with Gasteiger partial charge in [0.2, 0.25) is 0 Å². The van der Waals surface area contributed by atoms with Crippen LogP contribution in [-0.2, 0) is 14.7 Å². The van der Waals surface area contributed by atoms with Crippen molar-refractivity contribution in [1.82, 2.24) is 0 Å². The van der Waals surface area contributed by atoms with E-state index >= 15 is 0 Å². The molecular formula is C15H29O6PS. The molecule has 0 saturated carbocycles. The third-order valence-corrected chi connectivity index (χ3v) is 7.01. The molecule has 0 aliphatic heterocycles. The van der Waals surface area contributed by atoms with E-state index in [-0.39, 0.29) is 6.42 Å². The van der Waals surface area contributed by atoms with Gasteiger partial charge in [0, 0.05) is 0 Å². The average Bonchev–Trinajstić information content (AvgIpc) is 2.33. The van der Waals surface area contributed by atoms with E-state index in [2.05, 4.69) is 32.9 Å². The highest BCUT2D eigenvalue weighted by atomic mass is 32.2. The maximum atomic E-state index is 11.1. The molecule has 8 heteroatoms. The monoisotopic (exact) mass is 368 g/mol. The molecule has 0 aliphatic rings. The van der Waals surface area contributed by atoms with Crippen LogP contribution in [0.2, 0.25) is 0 Å². The van der Waals surface area contributed by atoms with Crippen molar-refractivity contribution in [1.29, 1.82) is 0 Å². The van der Waals surface area contributed by atoms with Gasteiger partial charge in [-0.2, -0.15) is 8.42 Å². The Morgan fingerprint density at radius 3 is 2.13 bits per heavy atom. The third kappa shape index (κ3) is 11.7. The topological polar surface area (TPSA) is 112 Å². The van der Waals surface area contributed by atoms with Crippen LogP contribution in [-0.4, -0.2) is 27.7 Å². The van der Waals surface area contributed by atoms with Crippen molar-refractivity contribution in [3.63, 3.8) is 0 Å². The van der Waals surface area contributed by atoms with Crippen LogP contribution in [0.5, 0.6) is 0 Å². The highest BCUT2D eigenvalue weighted by Crippen LogP contribution is 2.46. The van der Waals surface area contributed by atoms with Gasteiger partial charge in [-0.05, 0) is 52.9 Å². The van der Waals surface area contributed by atoms with Crippen molar-refractivity contribution in [2.45, 2.75) is 70.7 Å². The van der Waals surface area contributed by atoms with Gasteiger partial charge in [0.05, 0.1) is 0 Å². The molecule has 0 fully saturated rings. The summed E-state index contributed by atoms with van der Waals surface area (Å²) in [5.74, 6) is 0. The Labute approximate surface area is 139 Å². The predicted molar refractivity (Wildman–Crippen MR) is 92.9 cm³/mol.